The average molecular weight is 757 g/mol. The number of benzene rings is 5. The average Bonchev–Trinajstić information content (AvgIpc) is 3.75. The van der Waals surface area contributed by atoms with Gasteiger partial charge in [-0.3, -0.25) is 9.13 Å². The van der Waals surface area contributed by atoms with Crippen LogP contribution in [0.3, 0.4) is 0 Å². The molecule has 0 amide bonds. The second-order valence-electron chi connectivity index (χ2n) is 15.2. The van der Waals surface area contributed by atoms with Crippen molar-refractivity contribution < 1.29 is 9.47 Å². The molecule has 0 spiro atoms. The molecule has 5 heterocycles. The summed E-state index contributed by atoms with van der Waals surface area (Å²) in [7, 11) is 0. The third kappa shape index (κ3) is 6.29. The third-order valence-corrected chi connectivity index (χ3v) is 10.8. The summed E-state index contributed by atoms with van der Waals surface area (Å²) in [5.41, 5.74) is 7.53. The summed E-state index contributed by atoms with van der Waals surface area (Å²) in [5, 5.41) is 4.61. The minimum Gasteiger partial charge on any atom is -0.457 e. The van der Waals surface area contributed by atoms with E-state index in [1.807, 2.05) is 79.1 Å². The summed E-state index contributed by atoms with van der Waals surface area (Å²) < 4.78 is 17.8. The molecular formula is C50H40N6O2. The van der Waals surface area contributed by atoms with Gasteiger partial charge in [0.1, 0.15) is 34.6 Å². The van der Waals surface area contributed by atoms with Crippen LogP contribution in [0.1, 0.15) is 50.7 Å². The van der Waals surface area contributed by atoms with Gasteiger partial charge >= 0.3 is 0 Å². The number of fused-ring (bicyclic) bond motifs is 6. The maximum absolute atomic E-state index is 6.71. The molecule has 8 nitrogen and oxygen atoms in total. The molecule has 0 aliphatic carbocycles. The largest absolute Gasteiger partial charge is 0.457 e. The van der Waals surface area contributed by atoms with E-state index in [1.165, 1.54) is 21.9 Å². The quantitative estimate of drug-likeness (QED) is 0.146. The van der Waals surface area contributed by atoms with Crippen molar-refractivity contribution in [3.8, 4) is 46.0 Å². The van der Waals surface area contributed by atoms with Crippen molar-refractivity contribution in [3.63, 3.8) is 0 Å². The zero-order valence-corrected chi connectivity index (χ0v) is 32.7. The molecule has 10 aromatic rings. The first-order valence-electron chi connectivity index (χ1n) is 19.7. The van der Waals surface area contributed by atoms with Crippen molar-refractivity contribution >= 4 is 43.6 Å². The van der Waals surface area contributed by atoms with Crippen LogP contribution in [-0.4, -0.2) is 29.1 Å². The number of pyridine rings is 2. The molecule has 0 aliphatic rings. The second-order valence-corrected chi connectivity index (χ2v) is 15.2. The Morgan fingerprint density at radius 1 is 0.397 bits per heavy atom. The molecule has 58 heavy (non-hydrogen) atoms. The smallest absolute Gasteiger partial charge is 0.159 e. The predicted molar refractivity (Wildman–Crippen MR) is 233 cm³/mol. The molecule has 0 atom stereocenters. The predicted octanol–water partition coefficient (Wildman–Crippen LogP) is 13.0. The van der Waals surface area contributed by atoms with E-state index in [9.17, 15) is 0 Å². The Hall–Kier alpha value is -7.32. The molecule has 10 rings (SSSR count). The molecule has 0 radical (unpaired) electrons. The van der Waals surface area contributed by atoms with Crippen LogP contribution in [0, 0.1) is 0 Å². The van der Waals surface area contributed by atoms with Crippen molar-refractivity contribution in [2.24, 2.45) is 0 Å². The summed E-state index contributed by atoms with van der Waals surface area (Å²) in [6, 6.07) is 45.5. The topological polar surface area (TPSA) is 79.9 Å². The van der Waals surface area contributed by atoms with Gasteiger partial charge in [-0.25, -0.2) is 19.9 Å². The van der Waals surface area contributed by atoms with Crippen LogP contribution in [-0.2, 0) is 0 Å². The highest BCUT2D eigenvalue weighted by atomic mass is 16.5. The number of ether oxygens (including phenoxy) is 2. The zero-order chi connectivity index (χ0) is 39.3. The normalized spacial score (nSPS) is 11.8. The maximum Gasteiger partial charge on any atom is 0.159 e. The Kier molecular flexibility index (Phi) is 8.67. The van der Waals surface area contributed by atoms with Gasteiger partial charge in [-0.05, 0) is 114 Å². The molecule has 0 bridgehead atoms. The second kappa shape index (κ2) is 14.3. The van der Waals surface area contributed by atoms with Gasteiger partial charge in [-0.1, -0.05) is 52.0 Å². The molecule has 0 saturated heterocycles. The number of rotatable bonds is 9. The number of aromatic nitrogens is 6. The van der Waals surface area contributed by atoms with Crippen molar-refractivity contribution in [3.05, 3.63) is 169 Å². The first-order valence-corrected chi connectivity index (χ1v) is 19.7. The van der Waals surface area contributed by atoms with E-state index in [2.05, 4.69) is 107 Å². The summed E-state index contributed by atoms with van der Waals surface area (Å²) >= 11 is 0. The fraction of sp³-hybridized carbons (Fsp3) is 0.120. The Morgan fingerprint density at radius 3 is 1.33 bits per heavy atom. The van der Waals surface area contributed by atoms with E-state index >= 15 is 0 Å². The maximum atomic E-state index is 6.71. The van der Waals surface area contributed by atoms with Gasteiger partial charge in [0.05, 0.1) is 22.1 Å². The molecule has 5 aromatic carbocycles. The van der Waals surface area contributed by atoms with Crippen LogP contribution in [0.15, 0.2) is 158 Å². The van der Waals surface area contributed by atoms with Crippen molar-refractivity contribution in [1.82, 2.24) is 29.1 Å². The Morgan fingerprint density at radius 2 is 0.879 bits per heavy atom. The lowest BCUT2D eigenvalue weighted by Crippen LogP contribution is -1.97. The minimum absolute atomic E-state index is 0.406. The van der Waals surface area contributed by atoms with Crippen molar-refractivity contribution in [2.75, 3.05) is 0 Å². The number of hydrogen-bond donors (Lipinski definition) is 0. The zero-order valence-electron chi connectivity index (χ0n) is 32.7. The third-order valence-electron chi connectivity index (χ3n) is 10.8. The highest BCUT2D eigenvalue weighted by Crippen LogP contribution is 2.40. The van der Waals surface area contributed by atoms with Crippen LogP contribution < -0.4 is 9.47 Å². The summed E-state index contributed by atoms with van der Waals surface area (Å²) in [4.78, 5) is 18.6. The lowest BCUT2D eigenvalue weighted by atomic mass is 10.0. The van der Waals surface area contributed by atoms with Gasteiger partial charge in [0, 0.05) is 70.1 Å². The van der Waals surface area contributed by atoms with Crippen LogP contribution in [0.4, 0.5) is 0 Å². The van der Waals surface area contributed by atoms with E-state index in [0.717, 1.165) is 50.0 Å². The Balaban J connectivity index is 1.07. The van der Waals surface area contributed by atoms with Gasteiger partial charge < -0.3 is 9.47 Å². The SMILES string of the molecule is CC(C)c1ccc2c(c1)c1ccc(Oc3cc(Oc4ccc5c6cc(C(C)C)ccc6n(-c6ccccn6)c5c4)cc(-c4ncccn4)c3)cc1n2-c1ccccn1. The van der Waals surface area contributed by atoms with Crippen LogP contribution >= 0.6 is 0 Å². The fourth-order valence-electron chi connectivity index (χ4n) is 7.89. The van der Waals surface area contributed by atoms with Gasteiger partial charge in [-0.2, -0.15) is 0 Å². The van der Waals surface area contributed by atoms with Gasteiger partial charge in [0.15, 0.2) is 5.82 Å². The number of hydrogen-bond acceptors (Lipinski definition) is 6. The molecule has 0 aliphatic heterocycles. The molecule has 0 N–H and O–H groups in total. The minimum atomic E-state index is 0.406. The van der Waals surface area contributed by atoms with Crippen molar-refractivity contribution in [2.45, 2.75) is 39.5 Å². The molecule has 0 fully saturated rings. The van der Waals surface area contributed by atoms with E-state index in [4.69, 9.17) is 19.4 Å². The lowest BCUT2D eigenvalue weighted by Gasteiger charge is -2.13. The van der Waals surface area contributed by atoms with Crippen LogP contribution in [0.25, 0.3) is 66.6 Å². The summed E-state index contributed by atoms with van der Waals surface area (Å²) in [6.07, 6.45) is 7.13. The van der Waals surface area contributed by atoms with Crippen LogP contribution in [0.5, 0.6) is 23.0 Å². The van der Waals surface area contributed by atoms with Crippen molar-refractivity contribution in [1.29, 1.82) is 0 Å². The van der Waals surface area contributed by atoms with E-state index in [1.54, 1.807) is 18.5 Å². The van der Waals surface area contributed by atoms with Gasteiger partial charge in [0.25, 0.3) is 0 Å². The lowest BCUT2D eigenvalue weighted by molar-refractivity contribution is 0.461. The van der Waals surface area contributed by atoms with Crippen LogP contribution in [0.2, 0.25) is 0 Å². The molecule has 282 valence electrons. The molecule has 0 unspecified atom stereocenters. The summed E-state index contributed by atoms with van der Waals surface area (Å²) in [6.45, 7) is 8.89. The monoisotopic (exact) mass is 756 g/mol. The number of nitrogens with zero attached hydrogens (tertiary/aromatic N) is 6. The standard InChI is InChI=1S/C50H40N6O2/c1-31(2)33-12-18-44-42(26-33)40-16-14-36(29-46(40)55(44)48-10-5-7-20-51-48)57-38-24-35(50-53-22-9-23-54-50)25-39(28-38)58-37-15-17-41-43-27-34(32(3)4)13-19-45(43)56(47(41)30-37)49-11-6-8-21-52-49/h5-32H,1-4H3. The molecule has 8 heteroatoms. The van der Waals surface area contributed by atoms with E-state index in [-0.39, 0.29) is 0 Å². The first kappa shape index (κ1) is 35.1. The van der Waals surface area contributed by atoms with Gasteiger partial charge in [-0.15, -0.1) is 0 Å². The highest BCUT2D eigenvalue weighted by Gasteiger charge is 2.18. The van der Waals surface area contributed by atoms with E-state index in [0.29, 0.717) is 40.7 Å². The Bertz CT molecular complexity index is 2930. The fourth-order valence-corrected chi connectivity index (χ4v) is 7.89. The molecule has 5 aromatic heterocycles. The molecular weight excluding hydrogens is 717 g/mol. The van der Waals surface area contributed by atoms with E-state index < -0.39 is 0 Å². The Labute approximate surface area is 336 Å². The van der Waals surface area contributed by atoms with Gasteiger partial charge in [0.2, 0.25) is 0 Å². The molecule has 0 saturated carbocycles. The first-order chi connectivity index (χ1) is 28.4. The summed E-state index contributed by atoms with van der Waals surface area (Å²) in [5.74, 6) is 5.60. The highest BCUT2D eigenvalue weighted by molar-refractivity contribution is 6.10.